The van der Waals surface area contributed by atoms with Crippen molar-refractivity contribution in [3.05, 3.63) is 29.8 Å². The summed E-state index contributed by atoms with van der Waals surface area (Å²) in [5, 5.41) is 12.0. The van der Waals surface area contributed by atoms with Gasteiger partial charge < -0.3 is 15.2 Å². The molecule has 0 unspecified atom stereocenters. The summed E-state index contributed by atoms with van der Waals surface area (Å²) < 4.78 is 5.50. The van der Waals surface area contributed by atoms with Crippen molar-refractivity contribution in [2.24, 2.45) is 5.92 Å². The SMILES string of the molecule is CC(C)c1cccc(OCC(=O)NCC2CC(O)C2)c1. The largest absolute Gasteiger partial charge is 0.484 e. The van der Waals surface area contributed by atoms with E-state index in [-0.39, 0.29) is 18.6 Å². The van der Waals surface area contributed by atoms with Crippen LogP contribution in [0, 0.1) is 5.92 Å². The molecule has 1 aliphatic rings. The second-order valence-corrected chi connectivity index (χ2v) is 5.81. The van der Waals surface area contributed by atoms with Crippen LogP contribution in [0.15, 0.2) is 24.3 Å². The number of aliphatic hydroxyl groups is 1. The molecular weight excluding hydrogens is 254 g/mol. The van der Waals surface area contributed by atoms with Crippen LogP contribution in [-0.2, 0) is 4.79 Å². The molecule has 1 fully saturated rings. The van der Waals surface area contributed by atoms with Crippen LogP contribution < -0.4 is 10.1 Å². The van der Waals surface area contributed by atoms with Gasteiger partial charge in [-0.2, -0.15) is 0 Å². The summed E-state index contributed by atoms with van der Waals surface area (Å²) in [5.74, 6) is 1.47. The zero-order valence-corrected chi connectivity index (χ0v) is 12.1. The van der Waals surface area contributed by atoms with E-state index in [0.29, 0.717) is 18.4 Å². The lowest BCUT2D eigenvalue weighted by Gasteiger charge is -2.31. The van der Waals surface area contributed by atoms with E-state index in [1.807, 2.05) is 18.2 Å². The molecule has 2 N–H and O–H groups in total. The summed E-state index contributed by atoms with van der Waals surface area (Å²) >= 11 is 0. The van der Waals surface area contributed by atoms with E-state index >= 15 is 0 Å². The fourth-order valence-electron chi connectivity index (χ4n) is 2.29. The van der Waals surface area contributed by atoms with Gasteiger partial charge in [-0.1, -0.05) is 26.0 Å². The molecule has 110 valence electrons. The standard InChI is InChI=1S/C16H23NO3/c1-11(2)13-4-3-5-15(8-13)20-10-16(19)17-9-12-6-14(18)7-12/h3-5,8,11-12,14,18H,6-7,9-10H2,1-2H3,(H,17,19). The number of hydrogen-bond acceptors (Lipinski definition) is 3. The van der Waals surface area contributed by atoms with Gasteiger partial charge in [0.1, 0.15) is 5.75 Å². The Balaban J connectivity index is 1.71. The van der Waals surface area contributed by atoms with Crippen molar-refractivity contribution in [2.75, 3.05) is 13.2 Å². The van der Waals surface area contributed by atoms with Gasteiger partial charge in [-0.15, -0.1) is 0 Å². The van der Waals surface area contributed by atoms with Gasteiger partial charge >= 0.3 is 0 Å². The van der Waals surface area contributed by atoms with Gasteiger partial charge in [-0.05, 0) is 42.4 Å². The highest BCUT2D eigenvalue weighted by atomic mass is 16.5. The first-order chi connectivity index (χ1) is 9.54. The number of ether oxygens (including phenoxy) is 1. The quantitative estimate of drug-likeness (QED) is 0.837. The fraction of sp³-hybridized carbons (Fsp3) is 0.562. The molecule has 0 atom stereocenters. The lowest BCUT2D eigenvalue weighted by molar-refractivity contribution is -0.123. The first-order valence-electron chi connectivity index (χ1n) is 7.22. The van der Waals surface area contributed by atoms with Gasteiger partial charge in [0, 0.05) is 6.54 Å². The van der Waals surface area contributed by atoms with Gasteiger partial charge in [-0.3, -0.25) is 4.79 Å². The first kappa shape index (κ1) is 14.9. The van der Waals surface area contributed by atoms with Crippen LogP contribution >= 0.6 is 0 Å². The van der Waals surface area contributed by atoms with Gasteiger partial charge in [0.25, 0.3) is 5.91 Å². The number of carbonyl (C=O) groups is 1. The maximum absolute atomic E-state index is 11.7. The zero-order valence-electron chi connectivity index (χ0n) is 12.1. The molecule has 0 spiro atoms. The molecule has 0 aliphatic heterocycles. The Morgan fingerprint density at radius 2 is 2.20 bits per heavy atom. The Hall–Kier alpha value is -1.55. The number of nitrogens with one attached hydrogen (secondary N) is 1. The highest BCUT2D eigenvalue weighted by Gasteiger charge is 2.27. The monoisotopic (exact) mass is 277 g/mol. The maximum atomic E-state index is 11.7. The Morgan fingerprint density at radius 1 is 1.45 bits per heavy atom. The van der Waals surface area contributed by atoms with Gasteiger partial charge in [0.2, 0.25) is 0 Å². The predicted molar refractivity (Wildman–Crippen MR) is 77.8 cm³/mol. The van der Waals surface area contributed by atoms with Crippen LogP contribution in [-0.4, -0.2) is 30.3 Å². The fourth-order valence-corrected chi connectivity index (χ4v) is 2.29. The third-order valence-corrected chi connectivity index (χ3v) is 3.69. The summed E-state index contributed by atoms with van der Waals surface area (Å²) in [6, 6.07) is 7.83. The third kappa shape index (κ3) is 4.23. The van der Waals surface area contributed by atoms with E-state index in [1.165, 1.54) is 5.56 Å². The molecule has 0 heterocycles. The van der Waals surface area contributed by atoms with Gasteiger partial charge in [0.15, 0.2) is 6.61 Å². The van der Waals surface area contributed by atoms with Crippen molar-refractivity contribution >= 4 is 5.91 Å². The normalized spacial score (nSPS) is 21.4. The molecule has 1 aliphatic carbocycles. The number of amides is 1. The van der Waals surface area contributed by atoms with Crippen LogP contribution in [0.2, 0.25) is 0 Å². The lowest BCUT2D eigenvalue weighted by atomic mass is 9.82. The highest BCUT2D eigenvalue weighted by Crippen LogP contribution is 2.26. The third-order valence-electron chi connectivity index (χ3n) is 3.69. The molecular formula is C16H23NO3. The molecule has 0 radical (unpaired) electrons. The number of aliphatic hydroxyl groups excluding tert-OH is 1. The van der Waals surface area contributed by atoms with Crippen molar-refractivity contribution in [1.82, 2.24) is 5.32 Å². The topological polar surface area (TPSA) is 58.6 Å². The molecule has 1 amide bonds. The molecule has 2 rings (SSSR count). The van der Waals surface area contributed by atoms with E-state index in [4.69, 9.17) is 9.84 Å². The Morgan fingerprint density at radius 3 is 2.85 bits per heavy atom. The molecule has 1 aromatic rings. The Bertz CT molecular complexity index is 453. The van der Waals surface area contributed by atoms with Gasteiger partial charge in [0.05, 0.1) is 6.10 Å². The second-order valence-electron chi connectivity index (χ2n) is 5.81. The van der Waals surface area contributed by atoms with Crippen LogP contribution in [0.4, 0.5) is 0 Å². The zero-order chi connectivity index (χ0) is 14.5. The van der Waals surface area contributed by atoms with Crippen LogP contribution in [0.25, 0.3) is 0 Å². The van der Waals surface area contributed by atoms with Crippen LogP contribution in [0.1, 0.15) is 38.2 Å². The van der Waals surface area contributed by atoms with E-state index in [2.05, 4.69) is 25.2 Å². The van der Waals surface area contributed by atoms with E-state index in [1.54, 1.807) is 0 Å². The maximum Gasteiger partial charge on any atom is 0.257 e. The van der Waals surface area contributed by atoms with E-state index in [9.17, 15) is 4.79 Å². The average Bonchev–Trinajstić information content (AvgIpc) is 2.40. The molecule has 0 aromatic heterocycles. The number of rotatable bonds is 6. The molecule has 0 saturated heterocycles. The van der Waals surface area contributed by atoms with Crippen molar-refractivity contribution < 1.29 is 14.6 Å². The Kier molecular flexibility index (Phi) is 5.01. The molecule has 1 aromatic carbocycles. The average molecular weight is 277 g/mol. The number of carbonyl (C=O) groups excluding carboxylic acids is 1. The minimum Gasteiger partial charge on any atom is -0.484 e. The Labute approximate surface area is 120 Å². The van der Waals surface area contributed by atoms with Crippen LogP contribution in [0.5, 0.6) is 5.75 Å². The molecule has 0 bridgehead atoms. The van der Waals surface area contributed by atoms with E-state index in [0.717, 1.165) is 18.6 Å². The number of benzene rings is 1. The number of hydrogen-bond donors (Lipinski definition) is 2. The van der Waals surface area contributed by atoms with Crippen LogP contribution in [0.3, 0.4) is 0 Å². The first-order valence-corrected chi connectivity index (χ1v) is 7.22. The second kappa shape index (κ2) is 6.75. The summed E-state index contributed by atoms with van der Waals surface area (Å²) in [4.78, 5) is 11.7. The minimum atomic E-state index is -0.174. The summed E-state index contributed by atoms with van der Waals surface area (Å²) in [7, 11) is 0. The molecule has 4 nitrogen and oxygen atoms in total. The molecule has 20 heavy (non-hydrogen) atoms. The summed E-state index contributed by atoms with van der Waals surface area (Å²) in [6.45, 7) is 4.92. The van der Waals surface area contributed by atoms with Crippen molar-refractivity contribution in [1.29, 1.82) is 0 Å². The summed E-state index contributed by atoms with van der Waals surface area (Å²) in [6.07, 6.45) is 1.40. The van der Waals surface area contributed by atoms with Crippen molar-refractivity contribution in [3.8, 4) is 5.75 Å². The van der Waals surface area contributed by atoms with Gasteiger partial charge in [-0.25, -0.2) is 0 Å². The lowest BCUT2D eigenvalue weighted by Crippen LogP contribution is -2.39. The van der Waals surface area contributed by atoms with E-state index < -0.39 is 0 Å². The predicted octanol–water partition coefficient (Wildman–Crippen LogP) is 2.08. The summed E-state index contributed by atoms with van der Waals surface area (Å²) in [5.41, 5.74) is 1.20. The minimum absolute atomic E-state index is 0.0385. The molecule has 1 saturated carbocycles. The smallest absolute Gasteiger partial charge is 0.257 e. The van der Waals surface area contributed by atoms with Crippen molar-refractivity contribution in [2.45, 2.75) is 38.7 Å². The molecule has 4 heteroatoms. The van der Waals surface area contributed by atoms with Crippen molar-refractivity contribution in [3.63, 3.8) is 0 Å². The highest BCUT2D eigenvalue weighted by molar-refractivity contribution is 5.77.